The van der Waals surface area contributed by atoms with E-state index < -0.39 is 5.54 Å². The molecule has 1 fully saturated rings. The van der Waals surface area contributed by atoms with E-state index in [-0.39, 0.29) is 17.9 Å². The molecule has 2 aliphatic rings. The van der Waals surface area contributed by atoms with Crippen LogP contribution in [0, 0.1) is 0 Å². The van der Waals surface area contributed by atoms with E-state index in [0.717, 1.165) is 47.9 Å². The van der Waals surface area contributed by atoms with Crippen molar-refractivity contribution in [3.63, 3.8) is 0 Å². The molecule has 32 heavy (non-hydrogen) atoms. The monoisotopic (exact) mass is 431 g/mol. The fraction of sp³-hybridized carbons (Fsp3) is 0.385. The lowest BCUT2D eigenvalue weighted by molar-refractivity contribution is -0.133. The molecule has 0 saturated heterocycles. The zero-order chi connectivity index (χ0) is 22.3. The molecule has 3 aromatic rings. The van der Waals surface area contributed by atoms with Gasteiger partial charge in [-0.3, -0.25) is 9.59 Å². The van der Waals surface area contributed by atoms with E-state index in [1.807, 2.05) is 66.1 Å². The van der Waals surface area contributed by atoms with E-state index in [9.17, 15) is 9.59 Å². The Morgan fingerprint density at radius 3 is 2.69 bits per heavy atom. The molecule has 2 aromatic carbocycles. The van der Waals surface area contributed by atoms with E-state index in [0.29, 0.717) is 18.8 Å². The van der Waals surface area contributed by atoms with Crippen molar-refractivity contribution in [2.24, 2.45) is 0 Å². The molecule has 2 amide bonds. The average molecular weight is 432 g/mol. The molecule has 1 aromatic heterocycles. The van der Waals surface area contributed by atoms with Crippen molar-refractivity contribution < 1.29 is 14.3 Å². The molecule has 6 heteroatoms. The smallest absolute Gasteiger partial charge is 0.271 e. The van der Waals surface area contributed by atoms with Crippen molar-refractivity contribution in [3.05, 3.63) is 65.9 Å². The molecular formula is C26H29N3O3. The minimum atomic E-state index is -1.00. The van der Waals surface area contributed by atoms with Gasteiger partial charge in [0.15, 0.2) is 0 Å². The van der Waals surface area contributed by atoms with Gasteiger partial charge >= 0.3 is 0 Å². The number of carbonyl (C=O) groups is 2. The van der Waals surface area contributed by atoms with E-state index in [4.69, 9.17) is 4.74 Å². The number of hydrogen-bond donors (Lipinski definition) is 1. The SMILES string of the molecule is COc1cccc(CN2C(=O)c3cc4ccccc4n3C[C@]2(C)C(=O)NC2CCCC2)c1. The van der Waals surface area contributed by atoms with Gasteiger partial charge in [-0.15, -0.1) is 0 Å². The topological polar surface area (TPSA) is 63.6 Å². The van der Waals surface area contributed by atoms with Crippen LogP contribution in [0.5, 0.6) is 5.75 Å². The summed E-state index contributed by atoms with van der Waals surface area (Å²) in [7, 11) is 1.63. The summed E-state index contributed by atoms with van der Waals surface area (Å²) in [5.41, 5.74) is 1.54. The van der Waals surface area contributed by atoms with Crippen LogP contribution in [0.4, 0.5) is 0 Å². The molecule has 1 aliphatic carbocycles. The fourth-order valence-electron chi connectivity index (χ4n) is 5.12. The molecule has 0 spiro atoms. The van der Waals surface area contributed by atoms with Crippen LogP contribution in [0.1, 0.15) is 48.7 Å². The van der Waals surface area contributed by atoms with Gasteiger partial charge in [0.1, 0.15) is 17.0 Å². The molecule has 1 aliphatic heterocycles. The molecule has 0 bridgehead atoms. The maximum Gasteiger partial charge on any atom is 0.271 e. The summed E-state index contributed by atoms with van der Waals surface area (Å²) in [4.78, 5) is 29.2. The number of nitrogens with zero attached hydrogens (tertiary/aromatic N) is 2. The van der Waals surface area contributed by atoms with Crippen molar-refractivity contribution in [1.29, 1.82) is 0 Å². The van der Waals surface area contributed by atoms with Crippen LogP contribution in [0.15, 0.2) is 54.6 Å². The number of amides is 2. The highest BCUT2D eigenvalue weighted by Crippen LogP contribution is 2.34. The molecule has 1 atom stereocenters. The molecular weight excluding hydrogens is 402 g/mol. The van der Waals surface area contributed by atoms with Gasteiger partial charge in [0.2, 0.25) is 5.91 Å². The van der Waals surface area contributed by atoms with E-state index >= 15 is 0 Å². The summed E-state index contributed by atoms with van der Waals surface area (Å²) in [6, 6.07) is 17.8. The molecule has 6 nitrogen and oxygen atoms in total. The van der Waals surface area contributed by atoms with E-state index in [1.165, 1.54) is 0 Å². The largest absolute Gasteiger partial charge is 0.497 e. The minimum absolute atomic E-state index is 0.0796. The fourth-order valence-corrected chi connectivity index (χ4v) is 5.12. The Balaban J connectivity index is 1.56. The summed E-state index contributed by atoms with van der Waals surface area (Å²) in [6.45, 7) is 2.66. The van der Waals surface area contributed by atoms with Crippen LogP contribution in [0.25, 0.3) is 10.9 Å². The van der Waals surface area contributed by atoms with Gasteiger partial charge in [0, 0.05) is 23.5 Å². The molecule has 166 valence electrons. The molecule has 5 rings (SSSR count). The normalized spacial score (nSPS) is 21.1. The Morgan fingerprint density at radius 1 is 1.12 bits per heavy atom. The zero-order valence-electron chi connectivity index (χ0n) is 18.6. The first-order valence-corrected chi connectivity index (χ1v) is 11.3. The van der Waals surface area contributed by atoms with Gasteiger partial charge in [0.25, 0.3) is 5.91 Å². The van der Waals surface area contributed by atoms with Crippen molar-refractivity contribution in [2.45, 2.75) is 57.3 Å². The third kappa shape index (κ3) is 3.44. The van der Waals surface area contributed by atoms with Gasteiger partial charge in [-0.05, 0) is 49.6 Å². The van der Waals surface area contributed by atoms with Gasteiger partial charge in [-0.2, -0.15) is 0 Å². The first-order valence-electron chi connectivity index (χ1n) is 11.3. The molecule has 1 saturated carbocycles. The van der Waals surface area contributed by atoms with Crippen LogP contribution >= 0.6 is 0 Å². The number of aromatic nitrogens is 1. The van der Waals surface area contributed by atoms with Crippen LogP contribution in [0.3, 0.4) is 0 Å². The van der Waals surface area contributed by atoms with Crippen LogP contribution in [0.2, 0.25) is 0 Å². The molecule has 1 N–H and O–H groups in total. The average Bonchev–Trinajstić information content (AvgIpc) is 3.45. The second-order valence-corrected chi connectivity index (χ2v) is 9.15. The maximum atomic E-state index is 13.8. The van der Waals surface area contributed by atoms with Crippen molar-refractivity contribution >= 4 is 22.7 Å². The number of para-hydroxylation sites is 1. The second kappa shape index (κ2) is 8.01. The summed E-state index contributed by atoms with van der Waals surface area (Å²) < 4.78 is 7.38. The summed E-state index contributed by atoms with van der Waals surface area (Å²) in [5.74, 6) is 0.529. The lowest BCUT2D eigenvalue weighted by Crippen LogP contribution is -2.64. The van der Waals surface area contributed by atoms with Gasteiger partial charge in [-0.1, -0.05) is 43.2 Å². The highest BCUT2D eigenvalue weighted by atomic mass is 16.5. The number of rotatable bonds is 5. The van der Waals surface area contributed by atoms with Gasteiger partial charge in [-0.25, -0.2) is 0 Å². The number of nitrogens with one attached hydrogen (secondary N) is 1. The highest BCUT2D eigenvalue weighted by molar-refractivity contribution is 6.03. The van der Waals surface area contributed by atoms with Crippen molar-refractivity contribution in [3.8, 4) is 5.75 Å². The highest BCUT2D eigenvalue weighted by Gasteiger charge is 2.48. The first-order chi connectivity index (χ1) is 15.5. The summed E-state index contributed by atoms with van der Waals surface area (Å²) in [6.07, 6.45) is 4.29. The Hall–Kier alpha value is -3.28. The number of fused-ring (bicyclic) bond motifs is 3. The van der Waals surface area contributed by atoms with Gasteiger partial charge < -0.3 is 19.5 Å². The number of benzene rings is 2. The molecule has 2 heterocycles. The van der Waals surface area contributed by atoms with Crippen LogP contribution in [-0.4, -0.2) is 40.0 Å². The molecule has 0 unspecified atom stereocenters. The number of carbonyl (C=O) groups excluding carboxylic acids is 2. The van der Waals surface area contributed by atoms with Crippen LogP contribution in [-0.2, 0) is 17.9 Å². The Labute approximate surface area is 188 Å². The Bertz CT molecular complexity index is 1180. The lowest BCUT2D eigenvalue weighted by atomic mass is 9.93. The van der Waals surface area contributed by atoms with Crippen LogP contribution < -0.4 is 10.1 Å². The lowest BCUT2D eigenvalue weighted by Gasteiger charge is -2.44. The maximum absolute atomic E-state index is 13.8. The van der Waals surface area contributed by atoms with E-state index in [2.05, 4.69) is 5.32 Å². The second-order valence-electron chi connectivity index (χ2n) is 9.15. The standard InChI is InChI=1S/C26H29N3O3/c1-26(25(31)27-20-10-4-5-11-20)17-28-22-13-6-3-9-19(22)15-23(28)24(30)29(26)16-18-8-7-12-21(14-18)32-2/h3,6-9,12-15,20H,4-5,10-11,16-17H2,1-2H3,(H,27,31)/t26-/m1/s1. The third-order valence-corrected chi connectivity index (χ3v) is 6.99. The quantitative estimate of drug-likeness (QED) is 0.661. The number of ether oxygens (including phenoxy) is 1. The predicted molar refractivity (Wildman–Crippen MR) is 124 cm³/mol. The Morgan fingerprint density at radius 2 is 1.91 bits per heavy atom. The zero-order valence-corrected chi connectivity index (χ0v) is 18.6. The summed E-state index contributed by atoms with van der Waals surface area (Å²) in [5, 5.41) is 4.26. The van der Waals surface area contributed by atoms with Crippen molar-refractivity contribution in [2.75, 3.05) is 7.11 Å². The Kier molecular flexibility index (Phi) is 5.16. The molecule has 0 radical (unpaired) electrons. The third-order valence-electron chi connectivity index (χ3n) is 6.99. The first kappa shape index (κ1) is 20.6. The number of methoxy groups -OCH3 is 1. The number of hydrogen-bond acceptors (Lipinski definition) is 3. The van der Waals surface area contributed by atoms with Crippen molar-refractivity contribution in [1.82, 2.24) is 14.8 Å². The van der Waals surface area contributed by atoms with E-state index in [1.54, 1.807) is 12.0 Å². The minimum Gasteiger partial charge on any atom is -0.497 e. The predicted octanol–water partition coefficient (Wildman–Crippen LogP) is 4.12. The van der Waals surface area contributed by atoms with Gasteiger partial charge in [0.05, 0.1) is 13.7 Å². The summed E-state index contributed by atoms with van der Waals surface area (Å²) >= 11 is 0.